The van der Waals surface area contributed by atoms with Crippen LogP contribution >= 0.6 is 0 Å². The lowest BCUT2D eigenvalue weighted by atomic mass is 9.93. The standard InChI is InChI=1S/C9H14O4/c1-6-5-7(10)3-4-8(6)13-9(11)12-2/h4,6-7,10H,3,5H2,1-2H3. The summed E-state index contributed by atoms with van der Waals surface area (Å²) >= 11 is 0. The van der Waals surface area contributed by atoms with Gasteiger partial charge in [0.2, 0.25) is 0 Å². The summed E-state index contributed by atoms with van der Waals surface area (Å²) < 4.78 is 9.25. The maximum absolute atomic E-state index is 10.8. The molecule has 0 aliphatic heterocycles. The minimum absolute atomic E-state index is 0.0721. The smallest absolute Gasteiger partial charge is 0.437 e. The highest BCUT2D eigenvalue weighted by Crippen LogP contribution is 2.25. The molecule has 2 unspecified atom stereocenters. The van der Waals surface area contributed by atoms with Crippen molar-refractivity contribution >= 4 is 6.16 Å². The molecule has 0 radical (unpaired) electrons. The molecular formula is C9H14O4. The van der Waals surface area contributed by atoms with Crippen LogP contribution in [0.3, 0.4) is 0 Å². The fourth-order valence-corrected chi connectivity index (χ4v) is 1.35. The van der Waals surface area contributed by atoms with E-state index < -0.39 is 6.16 Å². The average Bonchev–Trinajstić information content (AvgIpc) is 2.09. The summed E-state index contributed by atoms with van der Waals surface area (Å²) in [5.74, 6) is 0.667. The molecule has 0 aromatic rings. The molecule has 0 aromatic carbocycles. The van der Waals surface area contributed by atoms with E-state index in [9.17, 15) is 9.90 Å². The number of hydrogen-bond donors (Lipinski definition) is 1. The van der Waals surface area contributed by atoms with Crippen LogP contribution in [-0.4, -0.2) is 24.5 Å². The van der Waals surface area contributed by atoms with Crippen molar-refractivity contribution in [3.05, 3.63) is 11.8 Å². The van der Waals surface area contributed by atoms with Gasteiger partial charge in [-0.1, -0.05) is 6.92 Å². The van der Waals surface area contributed by atoms with Gasteiger partial charge in [0, 0.05) is 5.92 Å². The topological polar surface area (TPSA) is 55.8 Å². The third-order valence-electron chi connectivity index (χ3n) is 2.07. The highest BCUT2D eigenvalue weighted by atomic mass is 16.7. The molecule has 1 N–H and O–H groups in total. The number of aliphatic hydroxyl groups excluding tert-OH is 1. The Bertz CT molecular complexity index is 222. The first-order valence-corrected chi connectivity index (χ1v) is 4.27. The van der Waals surface area contributed by atoms with Gasteiger partial charge in [-0.3, -0.25) is 0 Å². The lowest BCUT2D eigenvalue weighted by Gasteiger charge is -2.22. The molecule has 0 bridgehead atoms. The quantitative estimate of drug-likeness (QED) is 0.629. The predicted octanol–water partition coefficient (Wildman–Crippen LogP) is 1.44. The third kappa shape index (κ3) is 2.73. The van der Waals surface area contributed by atoms with Crippen LogP contribution in [0.25, 0.3) is 0 Å². The Hall–Kier alpha value is -1.03. The van der Waals surface area contributed by atoms with E-state index in [2.05, 4.69) is 4.74 Å². The highest BCUT2D eigenvalue weighted by molar-refractivity contribution is 5.61. The molecule has 13 heavy (non-hydrogen) atoms. The Kier molecular flexibility index (Phi) is 3.31. The molecule has 0 spiro atoms. The van der Waals surface area contributed by atoms with Gasteiger partial charge in [-0.15, -0.1) is 0 Å². The Morgan fingerprint density at radius 3 is 2.92 bits per heavy atom. The number of ether oxygens (including phenoxy) is 2. The number of allylic oxidation sites excluding steroid dienone is 1. The van der Waals surface area contributed by atoms with Gasteiger partial charge in [-0.05, 0) is 18.9 Å². The van der Waals surface area contributed by atoms with E-state index in [1.807, 2.05) is 6.92 Å². The van der Waals surface area contributed by atoms with E-state index in [1.165, 1.54) is 7.11 Å². The summed E-state index contributed by atoms with van der Waals surface area (Å²) in [4.78, 5) is 10.8. The average molecular weight is 186 g/mol. The second-order valence-corrected chi connectivity index (χ2v) is 3.19. The summed E-state index contributed by atoms with van der Waals surface area (Å²) in [5.41, 5.74) is 0. The van der Waals surface area contributed by atoms with E-state index in [0.29, 0.717) is 18.6 Å². The van der Waals surface area contributed by atoms with Crippen molar-refractivity contribution in [1.29, 1.82) is 0 Å². The molecule has 4 nitrogen and oxygen atoms in total. The van der Waals surface area contributed by atoms with Crippen molar-refractivity contribution < 1.29 is 19.4 Å². The second-order valence-electron chi connectivity index (χ2n) is 3.19. The molecule has 0 saturated carbocycles. The number of carbonyl (C=O) groups is 1. The molecule has 1 aliphatic rings. The van der Waals surface area contributed by atoms with Gasteiger partial charge in [0.25, 0.3) is 0 Å². The monoisotopic (exact) mass is 186 g/mol. The first-order valence-electron chi connectivity index (χ1n) is 4.27. The number of aliphatic hydroxyl groups is 1. The van der Waals surface area contributed by atoms with E-state index >= 15 is 0 Å². The number of hydrogen-bond acceptors (Lipinski definition) is 4. The molecule has 74 valence electrons. The molecule has 0 fully saturated rings. The summed E-state index contributed by atoms with van der Waals surface area (Å²) in [6.07, 6.45) is 1.88. The summed E-state index contributed by atoms with van der Waals surface area (Å²) in [5, 5.41) is 9.27. The van der Waals surface area contributed by atoms with Crippen molar-refractivity contribution in [2.24, 2.45) is 5.92 Å². The summed E-state index contributed by atoms with van der Waals surface area (Å²) in [6.45, 7) is 1.90. The fraction of sp³-hybridized carbons (Fsp3) is 0.667. The number of carbonyl (C=O) groups excluding carboxylic acids is 1. The van der Waals surface area contributed by atoms with Gasteiger partial charge in [-0.2, -0.15) is 0 Å². The van der Waals surface area contributed by atoms with Gasteiger partial charge < -0.3 is 14.6 Å². The van der Waals surface area contributed by atoms with Gasteiger partial charge in [0.05, 0.1) is 13.2 Å². The SMILES string of the molecule is COC(=O)OC1=CCC(O)CC1C. The van der Waals surface area contributed by atoms with Crippen LogP contribution in [0, 0.1) is 5.92 Å². The molecule has 2 atom stereocenters. The van der Waals surface area contributed by atoms with Crippen molar-refractivity contribution in [2.75, 3.05) is 7.11 Å². The van der Waals surface area contributed by atoms with Gasteiger partial charge in [0.1, 0.15) is 5.76 Å². The predicted molar refractivity (Wildman–Crippen MR) is 46.0 cm³/mol. The van der Waals surface area contributed by atoms with Gasteiger partial charge >= 0.3 is 6.16 Å². The molecule has 0 saturated heterocycles. The first-order chi connectivity index (χ1) is 6.13. The van der Waals surface area contributed by atoms with Crippen LogP contribution in [0.5, 0.6) is 0 Å². The summed E-state index contributed by atoms with van der Waals surface area (Å²) in [6, 6.07) is 0. The fourth-order valence-electron chi connectivity index (χ4n) is 1.35. The maximum atomic E-state index is 10.8. The van der Waals surface area contributed by atoms with Crippen molar-refractivity contribution in [1.82, 2.24) is 0 Å². The minimum Gasteiger partial charge on any atom is -0.437 e. The van der Waals surface area contributed by atoms with Crippen molar-refractivity contribution in [2.45, 2.75) is 25.9 Å². The van der Waals surface area contributed by atoms with E-state index in [4.69, 9.17) is 4.74 Å². The Labute approximate surface area is 77.1 Å². The molecule has 0 amide bonds. The Morgan fingerprint density at radius 2 is 2.38 bits per heavy atom. The molecule has 1 rings (SSSR count). The van der Waals surface area contributed by atoms with Crippen LogP contribution < -0.4 is 0 Å². The Balaban J connectivity index is 2.54. The normalized spacial score (nSPS) is 27.8. The largest absolute Gasteiger partial charge is 0.513 e. The van der Waals surface area contributed by atoms with Crippen molar-refractivity contribution in [3.8, 4) is 0 Å². The first kappa shape index (κ1) is 10.1. The zero-order chi connectivity index (χ0) is 9.84. The van der Waals surface area contributed by atoms with Crippen LogP contribution in [-0.2, 0) is 9.47 Å². The third-order valence-corrected chi connectivity index (χ3v) is 2.07. The minimum atomic E-state index is -0.700. The second kappa shape index (κ2) is 4.28. The van der Waals surface area contributed by atoms with Gasteiger partial charge in [0.15, 0.2) is 0 Å². The maximum Gasteiger partial charge on any atom is 0.513 e. The Morgan fingerprint density at radius 1 is 1.69 bits per heavy atom. The van der Waals surface area contributed by atoms with E-state index in [-0.39, 0.29) is 12.0 Å². The molecule has 4 heteroatoms. The van der Waals surface area contributed by atoms with Crippen LogP contribution in [0.4, 0.5) is 4.79 Å². The molecule has 0 aromatic heterocycles. The van der Waals surface area contributed by atoms with Crippen LogP contribution in [0.1, 0.15) is 19.8 Å². The van der Waals surface area contributed by atoms with Gasteiger partial charge in [-0.25, -0.2) is 4.79 Å². The zero-order valence-electron chi connectivity index (χ0n) is 7.82. The lowest BCUT2D eigenvalue weighted by molar-refractivity contribution is 0.0746. The van der Waals surface area contributed by atoms with Crippen molar-refractivity contribution in [3.63, 3.8) is 0 Å². The molecular weight excluding hydrogens is 172 g/mol. The molecule has 1 aliphatic carbocycles. The molecule has 0 heterocycles. The number of rotatable bonds is 1. The van der Waals surface area contributed by atoms with E-state index in [1.54, 1.807) is 6.08 Å². The highest BCUT2D eigenvalue weighted by Gasteiger charge is 2.22. The zero-order valence-corrected chi connectivity index (χ0v) is 7.82. The lowest BCUT2D eigenvalue weighted by Crippen LogP contribution is -2.20. The van der Waals surface area contributed by atoms with Crippen LogP contribution in [0.2, 0.25) is 0 Å². The number of methoxy groups -OCH3 is 1. The van der Waals surface area contributed by atoms with E-state index in [0.717, 1.165) is 0 Å². The van der Waals surface area contributed by atoms with Crippen LogP contribution in [0.15, 0.2) is 11.8 Å². The summed E-state index contributed by atoms with van der Waals surface area (Å²) in [7, 11) is 1.27.